The number of rotatable bonds is 8. The Hall–Kier alpha value is -1.83. The molecular weight excluding hydrogens is 508 g/mol. The number of thiocarbonyl (C=S) groups is 1. The van der Waals surface area contributed by atoms with Gasteiger partial charge in [-0.3, -0.25) is 19.7 Å². The first-order valence-electron chi connectivity index (χ1n) is 13.8. The summed E-state index contributed by atoms with van der Waals surface area (Å²) < 4.78 is 5.17. The molecule has 0 aromatic carbocycles. The minimum atomic E-state index is -0.754. The summed E-state index contributed by atoms with van der Waals surface area (Å²) in [6.07, 6.45) is 13.3. The van der Waals surface area contributed by atoms with Crippen LogP contribution in [-0.2, 0) is 19.1 Å². The molecule has 0 aromatic heterocycles. The molecular formula is C29H39ClN2O4S. The van der Waals surface area contributed by atoms with Gasteiger partial charge in [-0.1, -0.05) is 41.5 Å². The van der Waals surface area contributed by atoms with E-state index in [0.29, 0.717) is 36.7 Å². The fraction of sp³-hybridized carbons (Fsp3) is 0.655. The number of amides is 1. The van der Waals surface area contributed by atoms with E-state index in [4.69, 9.17) is 28.6 Å². The number of hydrogen-bond donors (Lipinski definition) is 1. The number of esters is 1. The number of nitrogens with one attached hydrogen (secondary N) is 1. The molecule has 0 aromatic rings. The summed E-state index contributed by atoms with van der Waals surface area (Å²) in [6, 6.07) is -1.27. The molecule has 0 bridgehead atoms. The predicted octanol–water partition coefficient (Wildman–Crippen LogP) is 5.20. The van der Waals surface area contributed by atoms with Crippen molar-refractivity contribution in [1.82, 2.24) is 10.2 Å². The Kier molecular flexibility index (Phi) is 9.76. The van der Waals surface area contributed by atoms with Crippen molar-refractivity contribution in [2.24, 2.45) is 11.8 Å². The average Bonchev–Trinajstić information content (AvgIpc) is 3.22. The molecule has 0 saturated carbocycles. The zero-order valence-electron chi connectivity index (χ0n) is 22.0. The number of carbonyl (C=O) groups excluding carboxylic acids is 3. The smallest absolute Gasteiger partial charge is 0.324 e. The number of carbonyl (C=O) groups is 3. The van der Waals surface area contributed by atoms with Crippen LogP contribution in [-0.4, -0.2) is 59.2 Å². The van der Waals surface area contributed by atoms with Crippen LogP contribution in [0.5, 0.6) is 0 Å². The molecule has 0 spiro atoms. The molecule has 3 unspecified atom stereocenters. The maximum atomic E-state index is 13.6. The third-order valence-corrected chi connectivity index (χ3v) is 9.14. The molecule has 8 heteroatoms. The highest BCUT2D eigenvalue weighted by molar-refractivity contribution is 7.80. The molecule has 1 amide bonds. The fourth-order valence-corrected chi connectivity index (χ4v) is 6.73. The van der Waals surface area contributed by atoms with Crippen LogP contribution in [0, 0.1) is 11.8 Å². The van der Waals surface area contributed by atoms with Crippen molar-refractivity contribution < 1.29 is 19.1 Å². The summed E-state index contributed by atoms with van der Waals surface area (Å²) in [4.78, 5) is 41.7. The molecule has 4 aliphatic rings. The van der Waals surface area contributed by atoms with Gasteiger partial charge in [-0.05, 0) is 88.7 Å². The lowest BCUT2D eigenvalue weighted by Crippen LogP contribution is -2.53. The maximum Gasteiger partial charge on any atom is 0.324 e. The molecule has 202 valence electrons. The van der Waals surface area contributed by atoms with Crippen LogP contribution in [0.3, 0.4) is 0 Å². The van der Waals surface area contributed by atoms with Crippen molar-refractivity contribution in [1.29, 1.82) is 0 Å². The molecule has 2 fully saturated rings. The zero-order valence-corrected chi connectivity index (χ0v) is 23.6. The lowest BCUT2D eigenvalue weighted by molar-refractivity contribution is -0.149. The van der Waals surface area contributed by atoms with Crippen molar-refractivity contribution in [2.75, 3.05) is 19.7 Å². The summed E-state index contributed by atoms with van der Waals surface area (Å²) in [5.41, 5.74) is 4.05. The van der Waals surface area contributed by atoms with E-state index in [1.54, 1.807) is 11.8 Å². The largest absolute Gasteiger partial charge is 0.465 e. The van der Waals surface area contributed by atoms with Crippen LogP contribution >= 0.6 is 23.8 Å². The number of halogens is 1. The number of ketones is 1. The average molecular weight is 547 g/mol. The number of ether oxygens (including phenoxy) is 1. The number of piperidine rings is 1. The first-order valence-corrected chi connectivity index (χ1v) is 14.6. The third-order valence-electron chi connectivity index (χ3n) is 8.29. The highest BCUT2D eigenvalue weighted by Gasteiger charge is 2.46. The van der Waals surface area contributed by atoms with E-state index in [2.05, 4.69) is 24.4 Å². The van der Waals surface area contributed by atoms with Crippen LogP contribution in [0.15, 0.2) is 33.9 Å². The van der Waals surface area contributed by atoms with E-state index < -0.39 is 24.0 Å². The summed E-state index contributed by atoms with van der Waals surface area (Å²) in [7, 11) is 0. The molecule has 1 N–H and O–H groups in total. The van der Waals surface area contributed by atoms with Gasteiger partial charge in [0, 0.05) is 29.4 Å². The van der Waals surface area contributed by atoms with Crippen LogP contribution < -0.4 is 5.32 Å². The fourth-order valence-electron chi connectivity index (χ4n) is 6.26. The molecule has 2 heterocycles. The number of Topliss-reactive ketones (excluding diaryl/α,β-unsaturated/α-hetero) is 1. The minimum Gasteiger partial charge on any atom is -0.465 e. The second-order valence-corrected chi connectivity index (χ2v) is 11.7. The van der Waals surface area contributed by atoms with Crippen LogP contribution in [0.2, 0.25) is 0 Å². The van der Waals surface area contributed by atoms with Gasteiger partial charge in [0.05, 0.1) is 18.6 Å². The highest BCUT2D eigenvalue weighted by Crippen LogP contribution is 2.38. The number of likely N-dealkylation sites (tertiary alicyclic amines) is 1. The number of hydrogen-bond acceptors (Lipinski definition) is 6. The number of allylic oxidation sites excluding steroid dienone is 6. The predicted molar refractivity (Wildman–Crippen MR) is 149 cm³/mol. The van der Waals surface area contributed by atoms with Crippen LogP contribution in [0.1, 0.15) is 78.1 Å². The Morgan fingerprint density at radius 1 is 1.24 bits per heavy atom. The molecule has 0 radical (unpaired) electrons. The number of nitrogens with zero attached hydrogens (tertiary/aromatic N) is 1. The summed E-state index contributed by atoms with van der Waals surface area (Å²) in [5.74, 6) is -0.665. The molecule has 2 aliphatic heterocycles. The van der Waals surface area contributed by atoms with Gasteiger partial charge in [-0.25, -0.2) is 0 Å². The van der Waals surface area contributed by atoms with Crippen LogP contribution in [0.25, 0.3) is 0 Å². The SMILES string of the molecule is CCOC(=O)[C@H]1NCC(=S)C1C(=O)C1CCCCN1C(=O)CCCC1CCC2=C(C=C(C)C(Cl)=CC2)C1. The van der Waals surface area contributed by atoms with E-state index >= 15 is 0 Å². The minimum absolute atomic E-state index is 0.0412. The second-order valence-electron chi connectivity index (χ2n) is 10.8. The van der Waals surface area contributed by atoms with Gasteiger partial charge >= 0.3 is 5.97 Å². The lowest BCUT2D eigenvalue weighted by atomic mass is 9.80. The van der Waals surface area contributed by atoms with E-state index in [-0.39, 0.29) is 18.3 Å². The van der Waals surface area contributed by atoms with Gasteiger partial charge in [0.1, 0.15) is 6.04 Å². The first kappa shape index (κ1) is 28.2. The molecule has 2 saturated heterocycles. The Bertz CT molecular complexity index is 1030. The third kappa shape index (κ3) is 6.61. The van der Waals surface area contributed by atoms with Crippen LogP contribution in [0.4, 0.5) is 0 Å². The van der Waals surface area contributed by atoms with Gasteiger partial charge in [-0.15, -0.1) is 0 Å². The van der Waals surface area contributed by atoms with E-state index in [0.717, 1.165) is 62.0 Å². The first-order chi connectivity index (χ1) is 17.8. The van der Waals surface area contributed by atoms with Crippen molar-refractivity contribution in [3.63, 3.8) is 0 Å². The molecule has 4 atom stereocenters. The summed E-state index contributed by atoms with van der Waals surface area (Å²) >= 11 is 11.8. The van der Waals surface area contributed by atoms with Crippen molar-refractivity contribution in [2.45, 2.75) is 90.1 Å². The Morgan fingerprint density at radius 2 is 2.05 bits per heavy atom. The van der Waals surface area contributed by atoms with Gasteiger partial charge in [0.2, 0.25) is 5.91 Å². The van der Waals surface area contributed by atoms with Gasteiger partial charge in [-0.2, -0.15) is 0 Å². The normalized spacial score (nSPS) is 28.3. The van der Waals surface area contributed by atoms with Gasteiger partial charge < -0.3 is 9.64 Å². The monoisotopic (exact) mass is 546 g/mol. The maximum absolute atomic E-state index is 13.6. The molecule has 4 rings (SSSR count). The Labute approximate surface area is 230 Å². The molecule has 37 heavy (non-hydrogen) atoms. The summed E-state index contributed by atoms with van der Waals surface area (Å²) in [5, 5.41) is 3.90. The van der Waals surface area contributed by atoms with Crippen molar-refractivity contribution >= 4 is 46.3 Å². The second kappa shape index (κ2) is 12.8. The van der Waals surface area contributed by atoms with Gasteiger partial charge in [0.15, 0.2) is 5.78 Å². The van der Waals surface area contributed by atoms with E-state index in [9.17, 15) is 14.4 Å². The molecule has 6 nitrogen and oxygen atoms in total. The Morgan fingerprint density at radius 3 is 2.84 bits per heavy atom. The lowest BCUT2D eigenvalue weighted by Gasteiger charge is -2.36. The van der Waals surface area contributed by atoms with Crippen molar-refractivity contribution in [3.05, 3.63) is 33.9 Å². The van der Waals surface area contributed by atoms with E-state index in [1.165, 1.54) is 11.1 Å². The topological polar surface area (TPSA) is 75.7 Å². The van der Waals surface area contributed by atoms with E-state index in [1.807, 2.05) is 0 Å². The molecule has 2 aliphatic carbocycles. The zero-order chi connectivity index (χ0) is 26.5. The highest BCUT2D eigenvalue weighted by atomic mass is 35.5. The standard InChI is InChI=1S/C29H39ClN2O4S/c1-3-36-29(35)27-26(24(37)17-31-27)28(34)23-8-4-5-14-32(23)25(33)9-6-7-19-10-11-20-12-13-22(30)18(2)15-21(20)16-19/h13,15,19,23,26-27,31H,3-12,14,16-17H2,1-2H3/t19?,23?,26?,27-/m0/s1. The van der Waals surface area contributed by atoms with Crippen molar-refractivity contribution in [3.8, 4) is 0 Å². The Balaban J connectivity index is 1.33. The quantitative estimate of drug-likeness (QED) is 0.333. The summed E-state index contributed by atoms with van der Waals surface area (Å²) in [6.45, 7) is 4.99. The van der Waals surface area contributed by atoms with Gasteiger partial charge in [0.25, 0.3) is 0 Å².